The van der Waals surface area contributed by atoms with Crippen LogP contribution in [-0.2, 0) is 25.6 Å². The summed E-state index contributed by atoms with van der Waals surface area (Å²) in [6.45, 7) is 5.04. The number of anilines is 1. The molecule has 0 radical (unpaired) electrons. The molecular formula is C28H29N3O5. The van der Waals surface area contributed by atoms with Crippen LogP contribution < -0.4 is 10.1 Å². The Labute approximate surface area is 210 Å². The Morgan fingerprint density at radius 1 is 1.08 bits per heavy atom. The number of hydrogen-bond acceptors (Lipinski definition) is 6. The third-order valence-corrected chi connectivity index (χ3v) is 5.69. The first kappa shape index (κ1) is 26.3. The highest BCUT2D eigenvalue weighted by atomic mass is 16.5. The van der Waals surface area contributed by atoms with Gasteiger partial charge >= 0.3 is 5.97 Å². The number of nitrogens with one attached hydrogen (secondary N) is 1. The third kappa shape index (κ3) is 6.40. The summed E-state index contributed by atoms with van der Waals surface area (Å²) in [7, 11) is 3.18. The molecule has 1 atom stereocenters. The molecule has 1 N–H and O–H groups in total. The number of nitriles is 1. The van der Waals surface area contributed by atoms with Gasteiger partial charge in [0.1, 0.15) is 17.4 Å². The van der Waals surface area contributed by atoms with Gasteiger partial charge in [-0.05, 0) is 55.8 Å². The van der Waals surface area contributed by atoms with Crippen LogP contribution in [-0.4, -0.2) is 37.3 Å². The average molecular weight is 488 g/mol. The largest absolute Gasteiger partial charge is 0.497 e. The average Bonchev–Trinajstić information content (AvgIpc) is 3.16. The van der Waals surface area contributed by atoms with E-state index in [1.165, 1.54) is 6.08 Å². The normalized spacial score (nSPS) is 11.9. The summed E-state index contributed by atoms with van der Waals surface area (Å²) >= 11 is 0. The standard InChI is InChI=1S/C28H29N3O5/c1-19-16-22(20(2)31(19)14-15-34-3)17-23(18-29)28(33)36-26(21-8-6-5-7-9-21)27(32)30-24-10-12-25(35-4)13-11-24/h5-13,16-17,26H,14-15H2,1-4H3,(H,30,32)/b23-17+. The van der Waals surface area contributed by atoms with E-state index >= 15 is 0 Å². The van der Waals surface area contributed by atoms with E-state index < -0.39 is 18.0 Å². The molecule has 0 aliphatic rings. The van der Waals surface area contributed by atoms with Crippen molar-refractivity contribution >= 4 is 23.6 Å². The number of amides is 1. The highest BCUT2D eigenvalue weighted by Gasteiger charge is 2.27. The Morgan fingerprint density at radius 2 is 1.78 bits per heavy atom. The number of esters is 1. The zero-order valence-electron chi connectivity index (χ0n) is 20.8. The first-order chi connectivity index (χ1) is 17.4. The minimum Gasteiger partial charge on any atom is -0.497 e. The number of rotatable bonds is 10. The number of hydrogen-bond donors (Lipinski definition) is 1. The van der Waals surface area contributed by atoms with Crippen molar-refractivity contribution in [2.45, 2.75) is 26.5 Å². The molecule has 1 heterocycles. The molecule has 0 bridgehead atoms. The molecule has 0 fully saturated rings. The van der Waals surface area contributed by atoms with E-state index in [2.05, 4.69) is 5.32 Å². The Kier molecular flexibility index (Phi) is 9.03. The van der Waals surface area contributed by atoms with Crippen LogP contribution in [0.5, 0.6) is 5.75 Å². The predicted octanol–water partition coefficient (Wildman–Crippen LogP) is 4.59. The Hall–Kier alpha value is -4.35. The van der Waals surface area contributed by atoms with Gasteiger partial charge < -0.3 is 24.1 Å². The summed E-state index contributed by atoms with van der Waals surface area (Å²) in [4.78, 5) is 26.2. The zero-order valence-corrected chi connectivity index (χ0v) is 20.8. The molecule has 3 aromatic rings. The van der Waals surface area contributed by atoms with Crippen LogP contribution in [0, 0.1) is 25.2 Å². The van der Waals surface area contributed by atoms with Crippen molar-refractivity contribution in [3.63, 3.8) is 0 Å². The fourth-order valence-electron chi connectivity index (χ4n) is 3.75. The van der Waals surface area contributed by atoms with E-state index in [9.17, 15) is 14.9 Å². The maximum Gasteiger partial charge on any atom is 0.350 e. The van der Waals surface area contributed by atoms with Gasteiger partial charge in [-0.1, -0.05) is 30.3 Å². The van der Waals surface area contributed by atoms with Gasteiger partial charge in [0, 0.05) is 36.3 Å². The molecule has 1 unspecified atom stereocenters. The van der Waals surface area contributed by atoms with Gasteiger partial charge in [0.25, 0.3) is 5.91 Å². The Morgan fingerprint density at radius 3 is 2.39 bits per heavy atom. The van der Waals surface area contributed by atoms with E-state index in [1.807, 2.05) is 30.6 Å². The molecule has 0 aliphatic carbocycles. The van der Waals surface area contributed by atoms with E-state index in [0.717, 1.165) is 17.0 Å². The highest BCUT2D eigenvalue weighted by Crippen LogP contribution is 2.24. The van der Waals surface area contributed by atoms with Gasteiger partial charge in [0.2, 0.25) is 6.10 Å². The van der Waals surface area contributed by atoms with Crippen LogP contribution in [0.1, 0.15) is 28.6 Å². The summed E-state index contributed by atoms with van der Waals surface area (Å²) < 4.78 is 17.9. The molecule has 0 spiro atoms. The second-order valence-corrected chi connectivity index (χ2v) is 8.05. The molecule has 0 saturated heterocycles. The molecule has 8 heteroatoms. The lowest BCUT2D eigenvalue weighted by molar-refractivity contribution is -0.150. The lowest BCUT2D eigenvalue weighted by Gasteiger charge is -2.18. The van der Waals surface area contributed by atoms with Crippen molar-refractivity contribution in [2.75, 3.05) is 26.1 Å². The van der Waals surface area contributed by atoms with Gasteiger partial charge in [-0.3, -0.25) is 4.79 Å². The number of carbonyl (C=O) groups excluding carboxylic acids is 2. The van der Waals surface area contributed by atoms with Crippen LogP contribution in [0.2, 0.25) is 0 Å². The minimum absolute atomic E-state index is 0.208. The van der Waals surface area contributed by atoms with E-state index in [-0.39, 0.29) is 5.57 Å². The second-order valence-electron chi connectivity index (χ2n) is 8.05. The van der Waals surface area contributed by atoms with Crippen LogP contribution in [0.4, 0.5) is 5.69 Å². The van der Waals surface area contributed by atoms with Gasteiger partial charge in [-0.2, -0.15) is 5.26 Å². The van der Waals surface area contributed by atoms with Crippen LogP contribution in [0.25, 0.3) is 6.08 Å². The summed E-state index contributed by atoms with van der Waals surface area (Å²) in [6, 6.07) is 19.2. The van der Waals surface area contributed by atoms with Crippen molar-refractivity contribution in [3.05, 3.63) is 88.8 Å². The van der Waals surface area contributed by atoms with Crippen LogP contribution in [0.15, 0.2) is 66.2 Å². The van der Waals surface area contributed by atoms with Crippen molar-refractivity contribution in [3.8, 4) is 11.8 Å². The van der Waals surface area contributed by atoms with E-state index in [0.29, 0.717) is 30.2 Å². The number of aromatic nitrogens is 1. The van der Waals surface area contributed by atoms with Crippen molar-refractivity contribution < 1.29 is 23.8 Å². The quantitative estimate of drug-likeness (QED) is 0.255. The SMILES string of the molecule is COCCn1c(C)cc(/C=C(\C#N)C(=O)OC(C(=O)Nc2ccc(OC)cc2)c2ccccc2)c1C. The molecule has 0 saturated carbocycles. The molecule has 8 nitrogen and oxygen atoms in total. The molecule has 1 aromatic heterocycles. The fraction of sp³-hybridized carbons (Fsp3) is 0.250. The molecule has 36 heavy (non-hydrogen) atoms. The lowest BCUT2D eigenvalue weighted by Crippen LogP contribution is -2.26. The molecule has 2 aromatic carbocycles. The van der Waals surface area contributed by atoms with Crippen LogP contribution >= 0.6 is 0 Å². The summed E-state index contributed by atoms with van der Waals surface area (Å²) in [6.07, 6.45) is 0.226. The lowest BCUT2D eigenvalue weighted by atomic mass is 10.1. The number of carbonyl (C=O) groups is 2. The minimum atomic E-state index is -1.26. The molecule has 0 aliphatic heterocycles. The first-order valence-corrected chi connectivity index (χ1v) is 11.4. The predicted molar refractivity (Wildman–Crippen MR) is 136 cm³/mol. The van der Waals surface area contributed by atoms with E-state index in [4.69, 9.17) is 14.2 Å². The molecule has 186 valence electrons. The van der Waals surface area contributed by atoms with Gasteiger partial charge in [0.15, 0.2) is 0 Å². The van der Waals surface area contributed by atoms with Gasteiger partial charge in [0.05, 0.1) is 13.7 Å². The van der Waals surface area contributed by atoms with Crippen molar-refractivity contribution in [1.82, 2.24) is 4.57 Å². The topological polar surface area (TPSA) is 103 Å². The van der Waals surface area contributed by atoms with Gasteiger partial charge in [-0.25, -0.2) is 4.79 Å². The number of ether oxygens (including phenoxy) is 3. The van der Waals surface area contributed by atoms with Crippen LogP contribution in [0.3, 0.4) is 0 Å². The number of methoxy groups -OCH3 is 2. The zero-order chi connectivity index (χ0) is 26.1. The fourth-order valence-corrected chi connectivity index (χ4v) is 3.75. The maximum absolute atomic E-state index is 13.1. The summed E-state index contributed by atoms with van der Waals surface area (Å²) in [5.41, 5.74) is 3.37. The number of benzene rings is 2. The summed E-state index contributed by atoms with van der Waals surface area (Å²) in [5, 5.41) is 12.5. The second kappa shape index (κ2) is 12.4. The number of nitrogens with zero attached hydrogens (tertiary/aromatic N) is 2. The smallest absolute Gasteiger partial charge is 0.350 e. The van der Waals surface area contributed by atoms with E-state index in [1.54, 1.807) is 68.8 Å². The maximum atomic E-state index is 13.1. The van der Waals surface area contributed by atoms with Crippen molar-refractivity contribution in [2.24, 2.45) is 0 Å². The Bertz CT molecular complexity index is 1270. The number of aryl methyl sites for hydroxylation is 1. The molecular weight excluding hydrogens is 458 g/mol. The highest BCUT2D eigenvalue weighted by molar-refractivity contribution is 6.01. The third-order valence-electron chi connectivity index (χ3n) is 5.69. The molecule has 1 amide bonds. The first-order valence-electron chi connectivity index (χ1n) is 11.4. The molecule has 3 rings (SSSR count). The Balaban J connectivity index is 1.85. The summed E-state index contributed by atoms with van der Waals surface area (Å²) in [5.74, 6) is -0.794. The van der Waals surface area contributed by atoms with Gasteiger partial charge in [-0.15, -0.1) is 0 Å². The van der Waals surface area contributed by atoms with Crippen molar-refractivity contribution in [1.29, 1.82) is 5.26 Å². The monoisotopic (exact) mass is 487 g/mol.